The van der Waals surface area contributed by atoms with E-state index in [0.29, 0.717) is 30.1 Å². The van der Waals surface area contributed by atoms with Crippen LogP contribution in [0.4, 0.5) is 11.4 Å². The molecule has 32 heavy (non-hydrogen) atoms. The minimum absolute atomic E-state index is 0.191. The van der Waals surface area contributed by atoms with Crippen LogP contribution in [0.5, 0.6) is 11.5 Å². The van der Waals surface area contributed by atoms with Gasteiger partial charge in [0.15, 0.2) is 17.3 Å². The third-order valence-corrected chi connectivity index (χ3v) is 6.05. The predicted octanol–water partition coefficient (Wildman–Crippen LogP) is 4.32. The SMILES string of the molecule is CCOc1c(OC)cccc1C1Nc2ccccc2NC2=C1C(=O)C(C(=O)OC)C(C)C2. The number of Topliss-reactive ketones (excluding diaryl/α,β-unsaturated/α-hetero) is 1. The fourth-order valence-corrected chi connectivity index (χ4v) is 4.59. The van der Waals surface area contributed by atoms with Crippen molar-refractivity contribution in [1.82, 2.24) is 0 Å². The number of hydrogen-bond donors (Lipinski definition) is 2. The van der Waals surface area contributed by atoms with Crippen LogP contribution >= 0.6 is 0 Å². The van der Waals surface area contributed by atoms with E-state index in [2.05, 4.69) is 10.6 Å². The quantitative estimate of drug-likeness (QED) is 0.533. The molecular formula is C25H28N2O5. The number of ketones is 1. The van der Waals surface area contributed by atoms with E-state index in [1.807, 2.05) is 56.3 Å². The largest absolute Gasteiger partial charge is 0.493 e. The average Bonchev–Trinajstić information content (AvgIpc) is 2.95. The second kappa shape index (κ2) is 8.94. The van der Waals surface area contributed by atoms with Crippen molar-refractivity contribution in [2.45, 2.75) is 26.3 Å². The highest BCUT2D eigenvalue weighted by molar-refractivity contribution is 6.11. The Labute approximate surface area is 187 Å². The third kappa shape index (κ3) is 3.68. The molecule has 0 spiro atoms. The zero-order valence-electron chi connectivity index (χ0n) is 18.7. The van der Waals surface area contributed by atoms with Gasteiger partial charge in [-0.05, 0) is 37.5 Å². The summed E-state index contributed by atoms with van der Waals surface area (Å²) in [4.78, 5) is 26.3. The zero-order valence-corrected chi connectivity index (χ0v) is 18.7. The van der Waals surface area contributed by atoms with Crippen molar-refractivity contribution in [2.75, 3.05) is 31.5 Å². The van der Waals surface area contributed by atoms with Gasteiger partial charge in [0.25, 0.3) is 0 Å². The van der Waals surface area contributed by atoms with Crippen molar-refractivity contribution in [3.63, 3.8) is 0 Å². The minimum Gasteiger partial charge on any atom is -0.493 e. The first-order valence-corrected chi connectivity index (χ1v) is 10.8. The second-order valence-electron chi connectivity index (χ2n) is 8.00. The Morgan fingerprint density at radius 3 is 2.53 bits per heavy atom. The normalized spacial score (nSPS) is 22.0. The van der Waals surface area contributed by atoms with E-state index in [0.717, 1.165) is 22.6 Å². The molecule has 7 nitrogen and oxygen atoms in total. The van der Waals surface area contributed by atoms with E-state index in [9.17, 15) is 9.59 Å². The first kappa shape index (κ1) is 21.7. The molecule has 0 amide bonds. The van der Waals surface area contributed by atoms with Crippen LogP contribution in [0.3, 0.4) is 0 Å². The molecule has 0 fully saturated rings. The van der Waals surface area contributed by atoms with Gasteiger partial charge >= 0.3 is 5.97 Å². The monoisotopic (exact) mass is 436 g/mol. The summed E-state index contributed by atoms with van der Waals surface area (Å²) in [6.07, 6.45) is 0.543. The molecule has 0 bridgehead atoms. The number of ether oxygens (including phenoxy) is 3. The van der Waals surface area contributed by atoms with Gasteiger partial charge in [-0.3, -0.25) is 9.59 Å². The maximum atomic E-state index is 13.8. The highest BCUT2D eigenvalue weighted by atomic mass is 16.5. The Morgan fingerprint density at radius 1 is 1.09 bits per heavy atom. The number of rotatable bonds is 5. The topological polar surface area (TPSA) is 85.9 Å². The van der Waals surface area contributed by atoms with Crippen LogP contribution in [0.15, 0.2) is 53.7 Å². The molecule has 0 saturated heterocycles. The molecule has 2 aromatic rings. The van der Waals surface area contributed by atoms with Gasteiger partial charge in [0.05, 0.1) is 38.2 Å². The molecule has 0 aromatic heterocycles. The number of benzene rings is 2. The first-order chi connectivity index (χ1) is 15.5. The van der Waals surface area contributed by atoms with Crippen LogP contribution in [0.25, 0.3) is 0 Å². The molecule has 7 heteroatoms. The van der Waals surface area contributed by atoms with Crippen molar-refractivity contribution < 1.29 is 23.8 Å². The summed E-state index contributed by atoms with van der Waals surface area (Å²) < 4.78 is 16.5. The molecule has 2 N–H and O–H groups in total. The van der Waals surface area contributed by atoms with Crippen molar-refractivity contribution in [2.24, 2.45) is 11.8 Å². The van der Waals surface area contributed by atoms with Crippen molar-refractivity contribution in [3.8, 4) is 11.5 Å². The van der Waals surface area contributed by atoms with Gasteiger partial charge in [-0.1, -0.05) is 31.2 Å². The number of fused-ring (bicyclic) bond motifs is 1. The first-order valence-electron chi connectivity index (χ1n) is 10.8. The highest BCUT2D eigenvalue weighted by Gasteiger charge is 2.45. The molecule has 3 atom stereocenters. The van der Waals surface area contributed by atoms with Gasteiger partial charge < -0.3 is 24.8 Å². The number of carbonyl (C=O) groups excluding carboxylic acids is 2. The van der Waals surface area contributed by atoms with Gasteiger partial charge in [-0.2, -0.15) is 0 Å². The summed E-state index contributed by atoms with van der Waals surface area (Å²) in [6.45, 7) is 4.25. The number of para-hydroxylation sites is 3. The van der Waals surface area contributed by atoms with Crippen LogP contribution in [0.1, 0.15) is 31.9 Å². The van der Waals surface area contributed by atoms with E-state index in [1.54, 1.807) is 7.11 Å². The molecule has 1 heterocycles. The summed E-state index contributed by atoms with van der Waals surface area (Å²) in [7, 11) is 2.91. The predicted molar refractivity (Wildman–Crippen MR) is 122 cm³/mol. The lowest BCUT2D eigenvalue weighted by molar-refractivity contribution is -0.151. The van der Waals surface area contributed by atoms with Gasteiger partial charge in [0.1, 0.15) is 5.92 Å². The summed E-state index contributed by atoms with van der Waals surface area (Å²) in [6, 6.07) is 12.9. The Balaban J connectivity index is 1.93. The zero-order chi connectivity index (χ0) is 22.8. The van der Waals surface area contributed by atoms with E-state index in [-0.39, 0.29) is 11.7 Å². The molecular weight excluding hydrogens is 408 g/mol. The molecule has 2 aliphatic rings. The van der Waals surface area contributed by atoms with Crippen LogP contribution in [0, 0.1) is 11.8 Å². The fourth-order valence-electron chi connectivity index (χ4n) is 4.59. The maximum Gasteiger partial charge on any atom is 0.316 e. The number of allylic oxidation sites excluding steroid dienone is 1. The van der Waals surface area contributed by atoms with Gasteiger partial charge in [-0.15, -0.1) is 0 Å². The molecule has 2 aromatic carbocycles. The number of anilines is 2. The molecule has 0 radical (unpaired) electrons. The van der Waals surface area contributed by atoms with E-state index < -0.39 is 17.9 Å². The number of carbonyl (C=O) groups is 2. The third-order valence-electron chi connectivity index (χ3n) is 6.05. The van der Waals surface area contributed by atoms with E-state index >= 15 is 0 Å². The van der Waals surface area contributed by atoms with Crippen LogP contribution in [0.2, 0.25) is 0 Å². The molecule has 1 aliphatic heterocycles. The lowest BCUT2D eigenvalue weighted by atomic mass is 9.74. The molecule has 1 aliphatic carbocycles. The van der Waals surface area contributed by atoms with Crippen LogP contribution < -0.4 is 20.1 Å². The average molecular weight is 437 g/mol. The molecule has 0 saturated carbocycles. The summed E-state index contributed by atoms with van der Waals surface area (Å²) in [5.74, 6) is -0.642. The number of hydrogen-bond acceptors (Lipinski definition) is 7. The number of esters is 1. The van der Waals surface area contributed by atoms with Crippen molar-refractivity contribution in [1.29, 1.82) is 0 Å². The smallest absolute Gasteiger partial charge is 0.316 e. The highest BCUT2D eigenvalue weighted by Crippen LogP contribution is 2.47. The minimum atomic E-state index is -0.854. The lowest BCUT2D eigenvalue weighted by Crippen LogP contribution is -2.39. The van der Waals surface area contributed by atoms with Crippen molar-refractivity contribution >= 4 is 23.1 Å². The van der Waals surface area contributed by atoms with Crippen LogP contribution in [-0.2, 0) is 14.3 Å². The van der Waals surface area contributed by atoms with Gasteiger partial charge in [-0.25, -0.2) is 0 Å². The molecule has 4 rings (SSSR count). The number of methoxy groups -OCH3 is 2. The lowest BCUT2D eigenvalue weighted by Gasteiger charge is -2.33. The standard InChI is InChI=1S/C25H28N2O5/c1-5-32-24-15(9-8-12-19(24)30-3)22-21-18(26-16-10-6-7-11-17(16)27-22)13-14(2)20(23(21)28)25(29)31-4/h6-12,14,20,22,26-27H,5,13H2,1-4H3. The second-order valence-corrected chi connectivity index (χ2v) is 8.00. The van der Waals surface area contributed by atoms with Crippen molar-refractivity contribution in [3.05, 3.63) is 59.3 Å². The Morgan fingerprint density at radius 2 is 1.84 bits per heavy atom. The van der Waals surface area contributed by atoms with Gasteiger partial charge in [0.2, 0.25) is 0 Å². The summed E-state index contributed by atoms with van der Waals surface area (Å²) in [5, 5.41) is 6.97. The van der Waals surface area contributed by atoms with Crippen LogP contribution in [-0.4, -0.2) is 32.6 Å². The van der Waals surface area contributed by atoms with Gasteiger partial charge in [0, 0.05) is 16.8 Å². The number of nitrogens with one attached hydrogen (secondary N) is 2. The summed E-state index contributed by atoms with van der Waals surface area (Å²) in [5.41, 5.74) is 3.81. The Bertz CT molecular complexity index is 1080. The van der Waals surface area contributed by atoms with E-state index in [1.165, 1.54) is 7.11 Å². The summed E-state index contributed by atoms with van der Waals surface area (Å²) >= 11 is 0. The maximum absolute atomic E-state index is 13.8. The Hall–Kier alpha value is -3.48. The molecule has 168 valence electrons. The Kier molecular flexibility index (Phi) is 6.08. The van der Waals surface area contributed by atoms with E-state index in [4.69, 9.17) is 14.2 Å². The fraction of sp³-hybridized carbons (Fsp3) is 0.360. The molecule has 3 unspecified atom stereocenters.